The molecular weight excluding hydrogens is 286 g/mol. The monoisotopic (exact) mass is 317 g/mol. The molecular formula is C17H32ClNO2. The molecule has 3 nitrogen and oxygen atoms in total. The molecule has 0 saturated carbocycles. The highest BCUT2D eigenvalue weighted by Crippen LogP contribution is 2.19. The first-order chi connectivity index (χ1) is 9.54. The molecule has 0 spiro atoms. The Morgan fingerprint density at radius 3 is 2.67 bits per heavy atom. The number of hydrogen-bond donors (Lipinski definition) is 2. The maximum atomic E-state index is 10.4. The molecule has 0 saturated heterocycles. The number of allylic oxidation sites excluding steroid dienone is 2. The molecule has 0 unspecified atom stereocenters. The van der Waals surface area contributed by atoms with E-state index >= 15 is 0 Å². The van der Waals surface area contributed by atoms with Crippen LogP contribution in [0.1, 0.15) is 52.4 Å². The summed E-state index contributed by atoms with van der Waals surface area (Å²) in [6, 6.07) is 0.303. The van der Waals surface area contributed by atoms with Crippen LogP contribution in [0.2, 0.25) is 0 Å². The van der Waals surface area contributed by atoms with Crippen molar-refractivity contribution in [1.29, 1.82) is 0 Å². The number of hydrogen-bond acceptors (Lipinski definition) is 3. The van der Waals surface area contributed by atoms with E-state index in [9.17, 15) is 5.11 Å². The van der Waals surface area contributed by atoms with E-state index in [0.29, 0.717) is 6.04 Å². The lowest BCUT2D eigenvalue weighted by Gasteiger charge is -2.23. The Kier molecular flexibility index (Phi) is 11.1. The van der Waals surface area contributed by atoms with Gasteiger partial charge in [0.15, 0.2) is 0 Å². The molecule has 1 aliphatic carbocycles. The first-order valence-corrected chi connectivity index (χ1v) is 7.85. The van der Waals surface area contributed by atoms with Gasteiger partial charge in [-0.1, -0.05) is 37.1 Å². The van der Waals surface area contributed by atoms with Crippen molar-refractivity contribution in [3.05, 3.63) is 23.8 Å². The molecule has 0 aliphatic heterocycles. The SMILES string of the molecule is CO[C@H]1/C=C/CCCC[C@H](N)CC/C(C)=C\[C@@H](C)[C@@H]1O.Cl. The Bertz CT molecular complexity index is 331. The third-order valence-electron chi connectivity index (χ3n) is 4.13. The van der Waals surface area contributed by atoms with Gasteiger partial charge in [-0.2, -0.15) is 0 Å². The molecule has 0 aromatic carbocycles. The molecule has 4 atom stereocenters. The number of methoxy groups -OCH3 is 1. The van der Waals surface area contributed by atoms with E-state index in [2.05, 4.69) is 19.1 Å². The summed E-state index contributed by atoms with van der Waals surface area (Å²) < 4.78 is 5.40. The van der Waals surface area contributed by atoms with Crippen LogP contribution >= 0.6 is 12.4 Å². The zero-order chi connectivity index (χ0) is 15.0. The van der Waals surface area contributed by atoms with E-state index in [1.165, 1.54) is 12.0 Å². The molecule has 0 heterocycles. The van der Waals surface area contributed by atoms with Crippen LogP contribution in [-0.4, -0.2) is 30.5 Å². The summed E-state index contributed by atoms with van der Waals surface area (Å²) in [5.41, 5.74) is 7.45. The van der Waals surface area contributed by atoms with Gasteiger partial charge in [0.05, 0.1) is 6.10 Å². The quantitative estimate of drug-likeness (QED) is 0.726. The van der Waals surface area contributed by atoms with Crippen LogP contribution in [0.25, 0.3) is 0 Å². The predicted octanol–water partition coefficient (Wildman–Crippen LogP) is 3.60. The van der Waals surface area contributed by atoms with Gasteiger partial charge in [0, 0.05) is 19.1 Å². The van der Waals surface area contributed by atoms with Crippen LogP contribution in [0.3, 0.4) is 0 Å². The van der Waals surface area contributed by atoms with Crippen molar-refractivity contribution in [2.45, 2.75) is 70.6 Å². The van der Waals surface area contributed by atoms with Crippen LogP contribution in [0.15, 0.2) is 23.8 Å². The fourth-order valence-electron chi connectivity index (χ4n) is 2.72. The molecule has 21 heavy (non-hydrogen) atoms. The molecule has 0 radical (unpaired) electrons. The van der Waals surface area contributed by atoms with Crippen molar-refractivity contribution < 1.29 is 9.84 Å². The molecule has 124 valence electrons. The number of aliphatic hydroxyl groups is 1. The lowest BCUT2D eigenvalue weighted by Crippen LogP contribution is -2.31. The molecule has 1 rings (SSSR count). The molecule has 0 aromatic rings. The zero-order valence-corrected chi connectivity index (χ0v) is 14.4. The first-order valence-electron chi connectivity index (χ1n) is 7.85. The number of rotatable bonds is 1. The maximum absolute atomic E-state index is 10.4. The number of ether oxygens (including phenoxy) is 1. The lowest BCUT2D eigenvalue weighted by molar-refractivity contribution is -0.00188. The molecule has 0 fully saturated rings. The Labute approximate surface area is 136 Å². The van der Waals surface area contributed by atoms with Crippen LogP contribution in [0.4, 0.5) is 0 Å². The highest BCUT2D eigenvalue weighted by atomic mass is 35.5. The largest absolute Gasteiger partial charge is 0.389 e. The number of halogens is 1. The normalized spacial score (nSPS) is 36.7. The summed E-state index contributed by atoms with van der Waals surface area (Å²) in [6.45, 7) is 4.17. The second-order valence-corrected chi connectivity index (χ2v) is 6.07. The van der Waals surface area contributed by atoms with Crippen LogP contribution < -0.4 is 5.73 Å². The zero-order valence-electron chi connectivity index (χ0n) is 13.6. The van der Waals surface area contributed by atoms with E-state index in [4.69, 9.17) is 10.5 Å². The van der Waals surface area contributed by atoms with E-state index < -0.39 is 6.10 Å². The number of nitrogens with two attached hydrogens (primary N) is 1. The van der Waals surface area contributed by atoms with Gasteiger partial charge in [0.25, 0.3) is 0 Å². The molecule has 1 aliphatic rings. The summed E-state index contributed by atoms with van der Waals surface area (Å²) in [7, 11) is 1.66. The standard InChI is InChI=1S/C17H31NO2.ClH/c1-13-10-11-15(18)8-6-4-5-7-9-16(20-3)17(19)14(2)12-13;/h7,9,12,14-17,19H,4-6,8,10-11,18H2,1-3H3;1H/b9-7+,13-12-;/t14-,15+,16+,17+;/m1./s1. The van der Waals surface area contributed by atoms with Gasteiger partial charge in [-0.05, 0) is 39.0 Å². The van der Waals surface area contributed by atoms with Crippen LogP contribution in [0.5, 0.6) is 0 Å². The van der Waals surface area contributed by atoms with Gasteiger partial charge in [0.1, 0.15) is 6.10 Å². The second-order valence-electron chi connectivity index (χ2n) is 6.07. The lowest BCUT2D eigenvalue weighted by atomic mass is 9.93. The Morgan fingerprint density at radius 2 is 2.00 bits per heavy atom. The highest BCUT2D eigenvalue weighted by Gasteiger charge is 2.21. The Morgan fingerprint density at radius 1 is 1.29 bits per heavy atom. The third kappa shape index (κ3) is 8.01. The summed E-state index contributed by atoms with van der Waals surface area (Å²) in [6.07, 6.45) is 12.1. The van der Waals surface area contributed by atoms with Crippen molar-refractivity contribution >= 4 is 12.4 Å². The van der Waals surface area contributed by atoms with E-state index in [1.807, 2.05) is 13.0 Å². The Hall–Kier alpha value is -0.350. The third-order valence-corrected chi connectivity index (χ3v) is 4.13. The van der Waals surface area contributed by atoms with E-state index in [0.717, 1.165) is 32.1 Å². The van der Waals surface area contributed by atoms with Crippen LogP contribution in [0, 0.1) is 5.92 Å². The highest BCUT2D eigenvalue weighted by molar-refractivity contribution is 5.85. The van der Waals surface area contributed by atoms with Gasteiger partial charge in [-0.3, -0.25) is 0 Å². The topological polar surface area (TPSA) is 55.5 Å². The van der Waals surface area contributed by atoms with Gasteiger partial charge >= 0.3 is 0 Å². The summed E-state index contributed by atoms with van der Waals surface area (Å²) in [5.74, 6) is 0.0868. The van der Waals surface area contributed by atoms with Crippen molar-refractivity contribution in [2.75, 3.05) is 7.11 Å². The van der Waals surface area contributed by atoms with Gasteiger partial charge in [-0.15, -0.1) is 12.4 Å². The van der Waals surface area contributed by atoms with E-state index in [-0.39, 0.29) is 24.4 Å². The van der Waals surface area contributed by atoms with Crippen LogP contribution in [-0.2, 0) is 4.74 Å². The van der Waals surface area contributed by atoms with Crippen molar-refractivity contribution in [3.63, 3.8) is 0 Å². The first kappa shape index (κ1) is 20.6. The van der Waals surface area contributed by atoms with Crippen molar-refractivity contribution in [2.24, 2.45) is 11.7 Å². The minimum atomic E-state index is -0.497. The minimum absolute atomic E-state index is 0. The maximum Gasteiger partial charge on any atom is 0.102 e. The summed E-state index contributed by atoms with van der Waals surface area (Å²) in [5, 5.41) is 10.4. The average molecular weight is 318 g/mol. The minimum Gasteiger partial charge on any atom is -0.389 e. The molecule has 0 bridgehead atoms. The summed E-state index contributed by atoms with van der Waals surface area (Å²) in [4.78, 5) is 0. The van der Waals surface area contributed by atoms with Gasteiger partial charge in [-0.25, -0.2) is 0 Å². The summed E-state index contributed by atoms with van der Waals surface area (Å²) >= 11 is 0. The Balaban J connectivity index is 0.00000400. The fraction of sp³-hybridized carbons (Fsp3) is 0.765. The second kappa shape index (κ2) is 11.2. The smallest absolute Gasteiger partial charge is 0.102 e. The molecule has 3 N–H and O–H groups in total. The molecule has 0 aromatic heterocycles. The van der Waals surface area contributed by atoms with Crippen molar-refractivity contribution in [1.82, 2.24) is 0 Å². The molecule has 0 amide bonds. The van der Waals surface area contributed by atoms with E-state index in [1.54, 1.807) is 7.11 Å². The number of aliphatic hydroxyl groups excluding tert-OH is 1. The van der Waals surface area contributed by atoms with Gasteiger partial charge < -0.3 is 15.6 Å². The fourth-order valence-corrected chi connectivity index (χ4v) is 2.72. The average Bonchev–Trinajstić information content (AvgIpc) is 2.43. The molecule has 4 heteroatoms. The predicted molar refractivity (Wildman–Crippen MR) is 91.8 cm³/mol. The van der Waals surface area contributed by atoms with Crippen molar-refractivity contribution in [3.8, 4) is 0 Å². The van der Waals surface area contributed by atoms with Gasteiger partial charge in [0.2, 0.25) is 0 Å².